The number of hydrogen-bond acceptors (Lipinski definition) is 4. The lowest BCUT2D eigenvalue weighted by Crippen LogP contribution is -2.28. The van der Waals surface area contributed by atoms with Gasteiger partial charge in [-0.3, -0.25) is 9.52 Å². The molecule has 1 fully saturated rings. The Labute approximate surface area is 191 Å². The first kappa shape index (κ1) is 24.3. The third kappa shape index (κ3) is 5.70. The summed E-state index contributed by atoms with van der Waals surface area (Å²) in [6.07, 6.45) is 1.89. The molecule has 3 unspecified atom stereocenters. The van der Waals surface area contributed by atoms with Gasteiger partial charge in [-0.15, -0.1) is 0 Å². The molecule has 3 rings (SSSR count). The quantitative estimate of drug-likeness (QED) is 0.581. The topological polar surface area (TPSA) is 95.5 Å². The SMILES string of the molecule is Cc1cc(C(C)NC(=O)C2CC2c2ccc(C(C)(C)C)cc2CO)ccc1NS(C)(=O)=O. The fourth-order valence-corrected chi connectivity index (χ4v) is 4.70. The number of benzene rings is 2. The number of hydrogen-bond donors (Lipinski definition) is 3. The zero-order valence-corrected chi connectivity index (χ0v) is 20.5. The van der Waals surface area contributed by atoms with Crippen molar-refractivity contribution in [2.24, 2.45) is 5.92 Å². The first-order valence-electron chi connectivity index (χ1n) is 10.9. The van der Waals surface area contributed by atoms with Crippen LogP contribution in [0, 0.1) is 12.8 Å². The number of rotatable bonds is 7. The van der Waals surface area contributed by atoms with Gasteiger partial charge in [-0.1, -0.05) is 51.1 Å². The number of carbonyl (C=O) groups is 1. The van der Waals surface area contributed by atoms with Crippen LogP contribution in [-0.4, -0.2) is 25.7 Å². The third-order valence-corrected chi connectivity index (χ3v) is 6.70. The van der Waals surface area contributed by atoms with E-state index in [9.17, 15) is 18.3 Å². The molecule has 0 heterocycles. The molecule has 0 spiro atoms. The van der Waals surface area contributed by atoms with Gasteiger partial charge in [0.05, 0.1) is 24.6 Å². The number of anilines is 1. The molecule has 6 nitrogen and oxygen atoms in total. The predicted molar refractivity (Wildman–Crippen MR) is 128 cm³/mol. The summed E-state index contributed by atoms with van der Waals surface area (Å²) in [4.78, 5) is 12.9. The van der Waals surface area contributed by atoms with Crippen molar-refractivity contribution in [2.45, 2.75) is 65.0 Å². The molecule has 7 heteroatoms. The summed E-state index contributed by atoms with van der Waals surface area (Å²) in [7, 11) is -3.34. The molecule has 0 bridgehead atoms. The monoisotopic (exact) mass is 458 g/mol. The summed E-state index contributed by atoms with van der Waals surface area (Å²) in [6.45, 7) is 10.1. The van der Waals surface area contributed by atoms with Gasteiger partial charge in [0.15, 0.2) is 0 Å². The summed E-state index contributed by atoms with van der Waals surface area (Å²) in [6, 6.07) is 11.4. The van der Waals surface area contributed by atoms with Crippen LogP contribution in [0.3, 0.4) is 0 Å². The highest BCUT2D eigenvalue weighted by molar-refractivity contribution is 7.92. The van der Waals surface area contributed by atoms with Crippen LogP contribution in [0.1, 0.15) is 73.9 Å². The highest BCUT2D eigenvalue weighted by Gasteiger charge is 2.45. The number of aliphatic hydroxyl groups excluding tert-OH is 1. The van der Waals surface area contributed by atoms with E-state index in [1.807, 2.05) is 26.0 Å². The largest absolute Gasteiger partial charge is 0.392 e. The van der Waals surface area contributed by atoms with E-state index in [4.69, 9.17) is 0 Å². The summed E-state index contributed by atoms with van der Waals surface area (Å²) in [5.74, 6) is 0.0271. The predicted octanol–water partition coefficient (Wildman–Crippen LogP) is 4.14. The second kappa shape index (κ2) is 8.87. The van der Waals surface area contributed by atoms with Crippen LogP contribution in [0.4, 0.5) is 5.69 Å². The number of amides is 1. The van der Waals surface area contributed by atoms with E-state index in [1.165, 1.54) is 5.56 Å². The van der Waals surface area contributed by atoms with Crippen LogP contribution in [0.25, 0.3) is 0 Å². The van der Waals surface area contributed by atoms with E-state index in [-0.39, 0.29) is 35.8 Å². The summed E-state index contributed by atoms with van der Waals surface area (Å²) in [5, 5.41) is 13.0. The van der Waals surface area contributed by atoms with Crippen molar-refractivity contribution in [3.63, 3.8) is 0 Å². The van der Waals surface area contributed by atoms with Crippen LogP contribution in [-0.2, 0) is 26.8 Å². The van der Waals surface area contributed by atoms with E-state index in [1.54, 1.807) is 6.07 Å². The fraction of sp³-hybridized carbons (Fsp3) is 0.480. The van der Waals surface area contributed by atoms with E-state index in [0.29, 0.717) is 5.69 Å². The van der Waals surface area contributed by atoms with Gasteiger partial charge in [0.2, 0.25) is 15.9 Å². The Bertz CT molecular complexity index is 1120. The molecule has 1 amide bonds. The molecule has 3 N–H and O–H groups in total. The Balaban J connectivity index is 1.67. The average Bonchev–Trinajstić information content (AvgIpc) is 3.48. The first-order valence-corrected chi connectivity index (χ1v) is 12.8. The number of aryl methyl sites for hydroxylation is 1. The molecular formula is C25H34N2O4S. The Morgan fingerprint density at radius 3 is 2.44 bits per heavy atom. The van der Waals surface area contributed by atoms with Gasteiger partial charge < -0.3 is 10.4 Å². The highest BCUT2D eigenvalue weighted by atomic mass is 32.2. The third-order valence-electron chi connectivity index (χ3n) is 6.11. The standard InChI is InChI=1S/C25H34N2O4S/c1-15-11-17(7-10-23(15)27-32(6,30)31)16(2)26-24(29)22-13-21(22)20-9-8-19(25(3,4)5)12-18(20)14-28/h7-12,16,21-22,27-28H,13-14H2,1-6H3,(H,26,29). The Kier molecular flexibility index (Phi) is 6.72. The minimum absolute atomic E-state index is 0.00211. The zero-order chi connectivity index (χ0) is 23.8. The molecule has 1 aliphatic carbocycles. The zero-order valence-electron chi connectivity index (χ0n) is 19.7. The molecule has 3 atom stereocenters. The lowest BCUT2D eigenvalue weighted by molar-refractivity contribution is -0.123. The molecule has 2 aromatic carbocycles. The van der Waals surface area contributed by atoms with Gasteiger partial charge in [-0.2, -0.15) is 0 Å². The second-order valence-electron chi connectivity index (χ2n) is 9.95. The maximum absolute atomic E-state index is 12.9. The highest BCUT2D eigenvalue weighted by Crippen LogP contribution is 2.49. The number of aliphatic hydroxyl groups is 1. The summed E-state index contributed by atoms with van der Waals surface area (Å²) < 4.78 is 25.4. The molecule has 0 aromatic heterocycles. The van der Waals surface area contributed by atoms with Crippen molar-refractivity contribution >= 4 is 21.6 Å². The van der Waals surface area contributed by atoms with E-state index >= 15 is 0 Å². The maximum Gasteiger partial charge on any atom is 0.229 e. The Morgan fingerprint density at radius 1 is 1.19 bits per heavy atom. The van der Waals surface area contributed by atoms with Crippen LogP contribution < -0.4 is 10.0 Å². The number of carbonyl (C=O) groups excluding carboxylic acids is 1. The molecule has 1 aliphatic rings. The van der Waals surface area contributed by atoms with Crippen LogP contribution >= 0.6 is 0 Å². The van der Waals surface area contributed by atoms with Crippen LogP contribution in [0.15, 0.2) is 36.4 Å². The average molecular weight is 459 g/mol. The minimum atomic E-state index is -3.34. The molecule has 32 heavy (non-hydrogen) atoms. The van der Waals surface area contributed by atoms with Crippen molar-refractivity contribution in [3.8, 4) is 0 Å². The van der Waals surface area contributed by atoms with Crippen LogP contribution in [0.2, 0.25) is 0 Å². The van der Waals surface area contributed by atoms with Crippen LogP contribution in [0.5, 0.6) is 0 Å². The van der Waals surface area contributed by atoms with Crippen molar-refractivity contribution in [2.75, 3.05) is 11.0 Å². The van der Waals surface area contributed by atoms with Gasteiger partial charge in [0.25, 0.3) is 0 Å². The van der Waals surface area contributed by atoms with Gasteiger partial charge in [-0.25, -0.2) is 8.42 Å². The lowest BCUT2D eigenvalue weighted by Gasteiger charge is -2.21. The second-order valence-corrected chi connectivity index (χ2v) is 11.7. The van der Waals surface area contributed by atoms with Gasteiger partial charge in [-0.05, 0) is 65.5 Å². The first-order chi connectivity index (χ1) is 14.8. The van der Waals surface area contributed by atoms with Crippen molar-refractivity contribution in [3.05, 3.63) is 64.2 Å². The molecular weight excluding hydrogens is 424 g/mol. The van der Waals surface area contributed by atoms with E-state index in [0.717, 1.165) is 34.9 Å². The summed E-state index contributed by atoms with van der Waals surface area (Å²) >= 11 is 0. The number of nitrogens with one attached hydrogen (secondary N) is 2. The van der Waals surface area contributed by atoms with E-state index < -0.39 is 10.0 Å². The minimum Gasteiger partial charge on any atom is -0.392 e. The normalized spacial score (nSPS) is 19.3. The van der Waals surface area contributed by atoms with Gasteiger partial charge in [0.1, 0.15) is 0 Å². The molecule has 174 valence electrons. The molecule has 0 saturated heterocycles. The maximum atomic E-state index is 12.9. The van der Waals surface area contributed by atoms with Gasteiger partial charge >= 0.3 is 0 Å². The molecule has 0 aliphatic heterocycles. The van der Waals surface area contributed by atoms with Crippen molar-refractivity contribution < 1.29 is 18.3 Å². The smallest absolute Gasteiger partial charge is 0.229 e. The van der Waals surface area contributed by atoms with Crippen molar-refractivity contribution in [1.29, 1.82) is 0 Å². The fourth-order valence-electron chi connectivity index (χ4n) is 4.07. The van der Waals surface area contributed by atoms with Crippen molar-refractivity contribution in [1.82, 2.24) is 5.32 Å². The molecule has 0 radical (unpaired) electrons. The molecule has 2 aromatic rings. The lowest BCUT2D eigenvalue weighted by atomic mass is 9.84. The van der Waals surface area contributed by atoms with Gasteiger partial charge in [0, 0.05) is 5.92 Å². The van der Waals surface area contributed by atoms with E-state index in [2.05, 4.69) is 49.0 Å². The Hall–Kier alpha value is -2.38. The Morgan fingerprint density at radius 2 is 1.88 bits per heavy atom. The summed E-state index contributed by atoms with van der Waals surface area (Å²) in [5.41, 5.74) is 5.37. The molecule has 1 saturated carbocycles. The number of sulfonamides is 1.